The fraction of sp³-hybridized carbons (Fsp3) is 0.571. The molecule has 17 heavy (non-hydrogen) atoms. The molecule has 1 unspecified atom stereocenters. The summed E-state index contributed by atoms with van der Waals surface area (Å²) >= 11 is 0. The van der Waals surface area contributed by atoms with Gasteiger partial charge in [0.1, 0.15) is 5.82 Å². The molecule has 0 aromatic heterocycles. The van der Waals surface area contributed by atoms with Gasteiger partial charge in [0, 0.05) is 12.8 Å². The molecule has 3 heteroatoms. The van der Waals surface area contributed by atoms with Crippen molar-refractivity contribution in [2.45, 2.75) is 44.8 Å². The van der Waals surface area contributed by atoms with E-state index in [0.29, 0.717) is 19.4 Å². The molecular weight excluding hydrogens is 219 g/mol. The summed E-state index contributed by atoms with van der Waals surface area (Å²) in [5.41, 5.74) is 0.369. The number of halogens is 1. The Morgan fingerprint density at radius 1 is 1.35 bits per heavy atom. The van der Waals surface area contributed by atoms with Gasteiger partial charge < -0.3 is 9.84 Å². The Morgan fingerprint density at radius 2 is 2.06 bits per heavy atom. The molecular formula is C14H19FO2. The molecule has 1 aliphatic heterocycles. The van der Waals surface area contributed by atoms with Crippen LogP contribution < -0.4 is 0 Å². The van der Waals surface area contributed by atoms with Crippen LogP contribution in [0.25, 0.3) is 0 Å². The van der Waals surface area contributed by atoms with Crippen LogP contribution in [0.1, 0.15) is 37.8 Å². The summed E-state index contributed by atoms with van der Waals surface area (Å²) < 4.78 is 18.7. The van der Waals surface area contributed by atoms with Crippen molar-refractivity contribution < 1.29 is 14.2 Å². The second-order valence-corrected chi connectivity index (χ2v) is 5.53. The van der Waals surface area contributed by atoms with E-state index in [1.54, 1.807) is 6.07 Å². The van der Waals surface area contributed by atoms with Gasteiger partial charge in [0.2, 0.25) is 0 Å². The van der Waals surface area contributed by atoms with Crippen LogP contribution in [0.2, 0.25) is 0 Å². The average molecular weight is 238 g/mol. The zero-order valence-electron chi connectivity index (χ0n) is 10.6. The number of aryl methyl sites for hydroxylation is 1. The lowest BCUT2D eigenvalue weighted by Gasteiger charge is -2.42. The van der Waals surface area contributed by atoms with Gasteiger partial charge in [-0.25, -0.2) is 4.39 Å². The maximum absolute atomic E-state index is 13.1. The summed E-state index contributed by atoms with van der Waals surface area (Å²) in [7, 11) is 0. The Bertz CT molecular complexity index is 428. The van der Waals surface area contributed by atoms with E-state index >= 15 is 0 Å². The van der Waals surface area contributed by atoms with Crippen molar-refractivity contribution in [2.75, 3.05) is 6.61 Å². The normalized spacial score (nSPS) is 28.1. The molecule has 1 saturated heterocycles. The van der Waals surface area contributed by atoms with Gasteiger partial charge in [-0.15, -0.1) is 0 Å². The maximum Gasteiger partial charge on any atom is 0.123 e. The van der Waals surface area contributed by atoms with Crippen LogP contribution in [0.15, 0.2) is 18.2 Å². The van der Waals surface area contributed by atoms with E-state index in [0.717, 1.165) is 11.1 Å². The smallest absolute Gasteiger partial charge is 0.123 e. The number of ether oxygens (including phenoxy) is 1. The molecule has 94 valence electrons. The highest BCUT2D eigenvalue weighted by Crippen LogP contribution is 2.40. The largest absolute Gasteiger partial charge is 0.385 e. The fourth-order valence-corrected chi connectivity index (χ4v) is 2.72. The zero-order chi connectivity index (χ0) is 12.7. The number of benzene rings is 1. The molecule has 1 aromatic carbocycles. The topological polar surface area (TPSA) is 29.5 Å². The van der Waals surface area contributed by atoms with Crippen molar-refractivity contribution in [3.05, 3.63) is 35.1 Å². The molecule has 0 bridgehead atoms. The lowest BCUT2D eigenvalue weighted by atomic mass is 9.78. The van der Waals surface area contributed by atoms with Crippen molar-refractivity contribution >= 4 is 0 Å². The van der Waals surface area contributed by atoms with E-state index in [9.17, 15) is 9.50 Å². The highest BCUT2D eigenvalue weighted by atomic mass is 19.1. The third kappa shape index (κ3) is 2.50. The van der Waals surface area contributed by atoms with Crippen LogP contribution in [0.3, 0.4) is 0 Å². The summed E-state index contributed by atoms with van der Waals surface area (Å²) in [4.78, 5) is 0. The molecule has 0 amide bonds. The highest BCUT2D eigenvalue weighted by Gasteiger charge is 2.41. The minimum absolute atomic E-state index is 0.263. The third-order valence-corrected chi connectivity index (χ3v) is 3.42. The van der Waals surface area contributed by atoms with E-state index in [4.69, 9.17) is 4.74 Å². The maximum atomic E-state index is 13.1. The van der Waals surface area contributed by atoms with Gasteiger partial charge in [0.05, 0.1) is 17.8 Å². The fourth-order valence-electron chi connectivity index (χ4n) is 2.72. The van der Waals surface area contributed by atoms with E-state index in [-0.39, 0.29) is 11.4 Å². The van der Waals surface area contributed by atoms with Gasteiger partial charge in [-0.3, -0.25) is 0 Å². The molecule has 1 aromatic rings. The Hall–Kier alpha value is -0.930. The standard InChI is InChI=1S/C14H19FO2/c1-10-8-11(15)4-5-12(10)14(16)6-7-17-13(2,3)9-14/h4-5,8,16H,6-7,9H2,1-3H3. The van der Waals surface area contributed by atoms with E-state index in [2.05, 4.69) is 0 Å². The van der Waals surface area contributed by atoms with Gasteiger partial charge in [-0.1, -0.05) is 6.07 Å². The number of rotatable bonds is 1. The molecule has 0 aliphatic carbocycles. The van der Waals surface area contributed by atoms with E-state index in [1.807, 2.05) is 20.8 Å². The number of aliphatic hydroxyl groups is 1. The van der Waals surface area contributed by atoms with Crippen molar-refractivity contribution in [3.8, 4) is 0 Å². The van der Waals surface area contributed by atoms with Gasteiger partial charge in [-0.05, 0) is 44.0 Å². The van der Waals surface area contributed by atoms with Crippen LogP contribution in [0, 0.1) is 12.7 Å². The molecule has 2 nitrogen and oxygen atoms in total. The second-order valence-electron chi connectivity index (χ2n) is 5.53. The minimum atomic E-state index is -0.903. The van der Waals surface area contributed by atoms with Crippen molar-refractivity contribution in [1.82, 2.24) is 0 Å². The predicted molar refractivity (Wildman–Crippen MR) is 64.3 cm³/mol. The van der Waals surface area contributed by atoms with Crippen molar-refractivity contribution in [3.63, 3.8) is 0 Å². The van der Waals surface area contributed by atoms with Crippen LogP contribution in [0.4, 0.5) is 4.39 Å². The number of hydrogen-bond acceptors (Lipinski definition) is 2. The van der Waals surface area contributed by atoms with Crippen LogP contribution >= 0.6 is 0 Å². The van der Waals surface area contributed by atoms with E-state index in [1.165, 1.54) is 12.1 Å². The summed E-state index contributed by atoms with van der Waals surface area (Å²) in [6.07, 6.45) is 1.09. The minimum Gasteiger partial charge on any atom is -0.385 e. The van der Waals surface area contributed by atoms with Gasteiger partial charge in [-0.2, -0.15) is 0 Å². The number of hydrogen-bond donors (Lipinski definition) is 1. The molecule has 0 saturated carbocycles. The quantitative estimate of drug-likeness (QED) is 0.815. The molecule has 1 fully saturated rings. The average Bonchev–Trinajstić information content (AvgIpc) is 2.14. The molecule has 0 spiro atoms. The first kappa shape index (κ1) is 12.5. The lowest BCUT2D eigenvalue weighted by Crippen LogP contribution is -2.44. The highest BCUT2D eigenvalue weighted by molar-refractivity contribution is 5.32. The predicted octanol–water partition coefficient (Wildman–Crippen LogP) is 2.91. The molecule has 1 N–H and O–H groups in total. The summed E-state index contributed by atoms with van der Waals surface area (Å²) in [6, 6.07) is 4.56. The van der Waals surface area contributed by atoms with Crippen LogP contribution in [-0.2, 0) is 10.3 Å². The van der Waals surface area contributed by atoms with E-state index < -0.39 is 5.60 Å². The Morgan fingerprint density at radius 3 is 2.65 bits per heavy atom. The first-order valence-electron chi connectivity index (χ1n) is 5.95. The molecule has 1 atom stereocenters. The van der Waals surface area contributed by atoms with Crippen LogP contribution in [0.5, 0.6) is 0 Å². The third-order valence-electron chi connectivity index (χ3n) is 3.42. The van der Waals surface area contributed by atoms with Gasteiger partial charge in [0.25, 0.3) is 0 Å². The van der Waals surface area contributed by atoms with Gasteiger partial charge >= 0.3 is 0 Å². The molecule has 1 aliphatic rings. The summed E-state index contributed by atoms with van der Waals surface area (Å²) in [6.45, 7) is 6.30. The first-order valence-corrected chi connectivity index (χ1v) is 5.95. The monoisotopic (exact) mass is 238 g/mol. The Balaban J connectivity index is 2.37. The van der Waals surface area contributed by atoms with Gasteiger partial charge in [0.15, 0.2) is 0 Å². The van der Waals surface area contributed by atoms with Crippen molar-refractivity contribution in [2.24, 2.45) is 0 Å². The summed E-state index contributed by atoms with van der Waals surface area (Å²) in [5, 5.41) is 10.7. The molecule has 1 heterocycles. The van der Waals surface area contributed by atoms with Crippen LogP contribution in [-0.4, -0.2) is 17.3 Å². The lowest BCUT2D eigenvalue weighted by molar-refractivity contribution is -0.148. The first-order chi connectivity index (χ1) is 7.82. The summed E-state index contributed by atoms with van der Waals surface area (Å²) in [5.74, 6) is -0.263. The molecule has 0 radical (unpaired) electrons. The Kier molecular flexibility index (Phi) is 3.00. The molecule has 2 rings (SSSR count). The Labute approximate surface area is 101 Å². The van der Waals surface area contributed by atoms with Crippen molar-refractivity contribution in [1.29, 1.82) is 0 Å². The SMILES string of the molecule is Cc1cc(F)ccc1C1(O)CCOC(C)(C)C1. The zero-order valence-corrected chi connectivity index (χ0v) is 10.6. The second kappa shape index (κ2) is 4.07.